The van der Waals surface area contributed by atoms with E-state index in [1.165, 1.54) is 15.6 Å². The molecule has 2 heterocycles. The van der Waals surface area contributed by atoms with E-state index in [-0.39, 0.29) is 0 Å². The zero-order valence-electron chi connectivity index (χ0n) is 12.8. The number of aromatic nitrogens is 3. The largest absolute Gasteiger partial charge is 0.337 e. The Balaban J connectivity index is 1.80. The van der Waals surface area contributed by atoms with E-state index in [4.69, 9.17) is 0 Å². The van der Waals surface area contributed by atoms with Crippen molar-refractivity contribution < 1.29 is 0 Å². The smallest absolute Gasteiger partial charge is 0.0956 e. The van der Waals surface area contributed by atoms with Crippen molar-refractivity contribution in [1.29, 1.82) is 0 Å². The van der Waals surface area contributed by atoms with Crippen LogP contribution in [0.15, 0.2) is 18.7 Å². The minimum absolute atomic E-state index is 0.378. The highest BCUT2D eigenvalue weighted by Crippen LogP contribution is 2.29. The Morgan fingerprint density at radius 1 is 1.35 bits per heavy atom. The normalized spacial score (nSPS) is 13.1. The highest BCUT2D eigenvalue weighted by Gasteiger charge is 2.15. The van der Waals surface area contributed by atoms with Gasteiger partial charge in [-0.15, -0.1) is 11.3 Å². The van der Waals surface area contributed by atoms with E-state index in [1.54, 1.807) is 0 Å². The summed E-state index contributed by atoms with van der Waals surface area (Å²) in [5.74, 6) is 0.515. The summed E-state index contributed by atoms with van der Waals surface area (Å²) >= 11 is 1.84. The van der Waals surface area contributed by atoms with Gasteiger partial charge in [0.15, 0.2) is 0 Å². The molecule has 0 aromatic carbocycles. The molecule has 0 amide bonds. The molecule has 2 aromatic rings. The van der Waals surface area contributed by atoms with Crippen molar-refractivity contribution in [2.24, 2.45) is 0 Å². The van der Waals surface area contributed by atoms with Crippen LogP contribution in [0.4, 0.5) is 0 Å². The monoisotopic (exact) mass is 292 g/mol. The van der Waals surface area contributed by atoms with Crippen LogP contribution < -0.4 is 5.32 Å². The molecule has 0 bridgehead atoms. The molecule has 0 saturated carbocycles. The summed E-state index contributed by atoms with van der Waals surface area (Å²) in [6, 6.07) is 0.378. The standard InChI is InChI=1S/C15H24N4S/c1-11(2)15-18-13(4)14(20-15)12(3)17-6-5-8-19-9-7-16-10-19/h7,9-12,17H,5-6,8H2,1-4H3/t12-/m0/s1. The minimum Gasteiger partial charge on any atom is -0.337 e. The quantitative estimate of drug-likeness (QED) is 0.794. The number of hydrogen-bond donors (Lipinski definition) is 1. The molecule has 2 aromatic heterocycles. The molecule has 0 fully saturated rings. The number of hydrogen-bond acceptors (Lipinski definition) is 4. The first-order valence-electron chi connectivity index (χ1n) is 7.24. The van der Waals surface area contributed by atoms with Gasteiger partial charge in [-0.25, -0.2) is 9.97 Å². The maximum Gasteiger partial charge on any atom is 0.0956 e. The Hall–Kier alpha value is -1.20. The molecular weight excluding hydrogens is 268 g/mol. The van der Waals surface area contributed by atoms with Gasteiger partial charge in [-0.1, -0.05) is 13.8 Å². The van der Waals surface area contributed by atoms with Crippen molar-refractivity contribution in [3.63, 3.8) is 0 Å². The zero-order valence-corrected chi connectivity index (χ0v) is 13.6. The van der Waals surface area contributed by atoms with E-state index in [1.807, 2.05) is 30.1 Å². The molecule has 0 aliphatic carbocycles. The van der Waals surface area contributed by atoms with E-state index in [9.17, 15) is 0 Å². The van der Waals surface area contributed by atoms with Crippen LogP contribution in [-0.2, 0) is 6.54 Å². The molecule has 0 aliphatic rings. The second-order valence-electron chi connectivity index (χ2n) is 5.49. The summed E-state index contributed by atoms with van der Waals surface area (Å²) in [5.41, 5.74) is 1.17. The molecule has 0 radical (unpaired) electrons. The van der Waals surface area contributed by atoms with Gasteiger partial charge in [-0.2, -0.15) is 0 Å². The van der Waals surface area contributed by atoms with Crippen molar-refractivity contribution in [3.8, 4) is 0 Å². The lowest BCUT2D eigenvalue weighted by atomic mass is 10.2. The van der Waals surface area contributed by atoms with Crippen molar-refractivity contribution >= 4 is 11.3 Å². The summed E-state index contributed by atoms with van der Waals surface area (Å²) in [7, 11) is 0. The van der Waals surface area contributed by atoms with Gasteiger partial charge in [0, 0.05) is 35.8 Å². The lowest BCUT2D eigenvalue weighted by Crippen LogP contribution is -2.20. The molecule has 2 rings (SSSR count). The summed E-state index contributed by atoms with van der Waals surface area (Å²) < 4.78 is 2.11. The predicted octanol–water partition coefficient (Wildman–Crippen LogP) is 3.51. The summed E-state index contributed by atoms with van der Waals surface area (Å²) in [4.78, 5) is 10.1. The highest BCUT2D eigenvalue weighted by molar-refractivity contribution is 7.11. The lowest BCUT2D eigenvalue weighted by Gasteiger charge is -2.12. The summed E-state index contributed by atoms with van der Waals surface area (Å²) in [5, 5.41) is 4.83. The second kappa shape index (κ2) is 6.99. The fourth-order valence-corrected chi connectivity index (χ4v) is 3.27. The molecule has 0 aliphatic heterocycles. The third kappa shape index (κ3) is 3.90. The Labute approximate surface area is 125 Å². The molecule has 1 atom stereocenters. The van der Waals surface area contributed by atoms with E-state index in [2.05, 4.69) is 47.5 Å². The number of imidazole rings is 1. The van der Waals surface area contributed by atoms with E-state index in [0.29, 0.717) is 12.0 Å². The Morgan fingerprint density at radius 3 is 2.75 bits per heavy atom. The number of nitrogens with one attached hydrogen (secondary N) is 1. The van der Waals surface area contributed by atoms with Crippen LogP contribution in [0.3, 0.4) is 0 Å². The predicted molar refractivity (Wildman–Crippen MR) is 84.2 cm³/mol. The summed E-state index contributed by atoms with van der Waals surface area (Å²) in [6.45, 7) is 10.8. The lowest BCUT2D eigenvalue weighted by molar-refractivity contribution is 0.529. The minimum atomic E-state index is 0.378. The Kier molecular flexibility index (Phi) is 5.31. The van der Waals surface area contributed by atoms with Crippen molar-refractivity contribution in [2.75, 3.05) is 6.54 Å². The third-order valence-electron chi connectivity index (χ3n) is 3.34. The van der Waals surface area contributed by atoms with Gasteiger partial charge in [0.1, 0.15) is 0 Å². The van der Waals surface area contributed by atoms with Gasteiger partial charge in [-0.05, 0) is 26.8 Å². The molecule has 110 valence electrons. The molecule has 5 heteroatoms. The van der Waals surface area contributed by atoms with Crippen LogP contribution in [0.25, 0.3) is 0 Å². The molecule has 0 unspecified atom stereocenters. The van der Waals surface area contributed by atoms with E-state index in [0.717, 1.165) is 19.5 Å². The second-order valence-corrected chi connectivity index (χ2v) is 6.55. The SMILES string of the molecule is Cc1nc(C(C)C)sc1[C@H](C)NCCCn1ccnc1. The van der Waals surface area contributed by atoms with Crippen LogP contribution >= 0.6 is 11.3 Å². The first-order chi connectivity index (χ1) is 9.58. The fourth-order valence-electron chi connectivity index (χ4n) is 2.17. The van der Waals surface area contributed by atoms with Crippen LogP contribution in [0.5, 0.6) is 0 Å². The van der Waals surface area contributed by atoms with E-state index >= 15 is 0 Å². The van der Waals surface area contributed by atoms with Gasteiger partial charge in [0.2, 0.25) is 0 Å². The molecule has 0 saturated heterocycles. The first kappa shape index (κ1) is 15.2. The molecule has 20 heavy (non-hydrogen) atoms. The highest BCUT2D eigenvalue weighted by atomic mass is 32.1. The average Bonchev–Trinajstić information content (AvgIpc) is 3.03. The van der Waals surface area contributed by atoms with Gasteiger partial charge in [0.05, 0.1) is 17.0 Å². The number of rotatable bonds is 7. The maximum absolute atomic E-state index is 4.67. The van der Waals surface area contributed by atoms with Crippen LogP contribution in [0.2, 0.25) is 0 Å². The third-order valence-corrected chi connectivity index (χ3v) is 4.98. The number of aryl methyl sites for hydroxylation is 2. The van der Waals surface area contributed by atoms with E-state index < -0.39 is 0 Å². The van der Waals surface area contributed by atoms with Crippen LogP contribution in [-0.4, -0.2) is 21.1 Å². The number of nitrogens with zero attached hydrogens (tertiary/aromatic N) is 3. The fraction of sp³-hybridized carbons (Fsp3) is 0.600. The molecule has 0 spiro atoms. The topological polar surface area (TPSA) is 42.7 Å². The zero-order chi connectivity index (χ0) is 14.5. The van der Waals surface area contributed by atoms with Gasteiger partial charge in [-0.3, -0.25) is 0 Å². The van der Waals surface area contributed by atoms with Crippen LogP contribution in [0, 0.1) is 6.92 Å². The maximum atomic E-state index is 4.67. The molecule has 1 N–H and O–H groups in total. The Bertz CT molecular complexity index is 516. The molecule has 4 nitrogen and oxygen atoms in total. The average molecular weight is 292 g/mol. The number of thiazole rings is 1. The van der Waals surface area contributed by atoms with Gasteiger partial charge in [0.25, 0.3) is 0 Å². The van der Waals surface area contributed by atoms with Gasteiger partial charge < -0.3 is 9.88 Å². The molecular formula is C15H24N4S. The van der Waals surface area contributed by atoms with Crippen molar-refractivity contribution in [2.45, 2.75) is 52.6 Å². The van der Waals surface area contributed by atoms with Gasteiger partial charge >= 0.3 is 0 Å². The first-order valence-corrected chi connectivity index (χ1v) is 8.06. The van der Waals surface area contributed by atoms with Crippen molar-refractivity contribution in [1.82, 2.24) is 19.9 Å². The van der Waals surface area contributed by atoms with Crippen LogP contribution in [0.1, 0.15) is 54.7 Å². The van der Waals surface area contributed by atoms with Crippen molar-refractivity contribution in [3.05, 3.63) is 34.3 Å². The summed E-state index contributed by atoms with van der Waals surface area (Å²) in [6.07, 6.45) is 6.80. The Morgan fingerprint density at radius 2 is 2.15 bits per heavy atom.